The molecule has 4 rings (SSSR count). The van der Waals surface area contributed by atoms with Crippen molar-refractivity contribution >= 4 is 37.6 Å². The summed E-state index contributed by atoms with van der Waals surface area (Å²) in [7, 11) is -3.76. The molecule has 4 aromatic rings. The van der Waals surface area contributed by atoms with Gasteiger partial charge in [-0.25, -0.2) is 0 Å². The molecule has 0 radical (unpaired) electrons. The lowest BCUT2D eigenvalue weighted by atomic mass is 10.4. The van der Waals surface area contributed by atoms with Gasteiger partial charge in [0.2, 0.25) is 8.32 Å². The molecule has 30 heavy (non-hydrogen) atoms. The summed E-state index contributed by atoms with van der Waals surface area (Å²) in [5.74, 6) is 0. The fourth-order valence-corrected chi connectivity index (χ4v) is 12.5. The molecule has 0 heterocycles. The topological polar surface area (TPSA) is 18.5 Å². The highest BCUT2D eigenvalue weighted by atomic mass is 28.4. The predicted molar refractivity (Wildman–Crippen MR) is 130 cm³/mol. The lowest BCUT2D eigenvalue weighted by molar-refractivity contribution is 0.330. The maximum Gasteiger partial charge on any atom is 0.397 e. The molecule has 0 atom stereocenters. The second-order valence-electron chi connectivity index (χ2n) is 7.42. The first kappa shape index (κ1) is 20.5. The minimum absolute atomic E-state index is 1.12. The second-order valence-corrected chi connectivity index (χ2v) is 14.3. The Labute approximate surface area is 181 Å². The van der Waals surface area contributed by atoms with E-state index in [0.29, 0.717) is 0 Å². The molecule has 0 saturated carbocycles. The summed E-state index contributed by atoms with van der Waals surface area (Å²) < 4.78 is 13.8. The highest BCUT2D eigenvalue weighted by molar-refractivity contribution is 7.06. The molecular weight excluding hydrogens is 400 g/mol. The lowest BCUT2D eigenvalue weighted by Gasteiger charge is -2.39. The van der Waals surface area contributed by atoms with Crippen LogP contribution in [0.25, 0.3) is 0 Å². The van der Waals surface area contributed by atoms with E-state index < -0.39 is 16.9 Å². The Morgan fingerprint density at radius 1 is 0.467 bits per heavy atom. The molecule has 0 N–H and O–H groups in total. The molecule has 0 aromatic heterocycles. The van der Waals surface area contributed by atoms with Crippen LogP contribution in [0, 0.1) is 0 Å². The molecule has 4 aromatic carbocycles. The van der Waals surface area contributed by atoms with Crippen molar-refractivity contribution in [3.8, 4) is 0 Å². The van der Waals surface area contributed by atoms with Crippen LogP contribution in [0.2, 0.25) is 6.55 Å². The Morgan fingerprint density at radius 2 is 0.767 bits per heavy atom. The average Bonchev–Trinajstić information content (AvgIpc) is 2.85. The third-order valence-electron chi connectivity index (χ3n) is 5.59. The van der Waals surface area contributed by atoms with Crippen molar-refractivity contribution in [2.45, 2.75) is 6.55 Å². The van der Waals surface area contributed by atoms with Crippen LogP contribution < -0.4 is 20.7 Å². The van der Waals surface area contributed by atoms with Crippen LogP contribution in [-0.4, -0.2) is 24.0 Å². The summed E-state index contributed by atoms with van der Waals surface area (Å²) in [6.07, 6.45) is 0. The van der Waals surface area contributed by atoms with E-state index >= 15 is 0 Å². The van der Waals surface area contributed by atoms with Gasteiger partial charge in [0.05, 0.1) is 0 Å². The summed E-state index contributed by atoms with van der Waals surface area (Å²) in [6, 6.07) is 42.1. The van der Waals surface area contributed by atoms with Crippen LogP contribution in [0.1, 0.15) is 0 Å². The van der Waals surface area contributed by atoms with Gasteiger partial charge in [-0.1, -0.05) is 121 Å². The van der Waals surface area contributed by atoms with Gasteiger partial charge in [-0.3, -0.25) is 0 Å². The third kappa shape index (κ3) is 3.83. The standard InChI is InChI=1S/C26H26O2Si2/c1-27-30(25-19-11-5-12-20-25,26-21-13-6-14-22-26)28-29(2,23-15-7-3-8-16-23)24-17-9-4-10-18-24/h3-22H,1-2H3. The van der Waals surface area contributed by atoms with Crippen LogP contribution >= 0.6 is 0 Å². The maximum absolute atomic E-state index is 7.37. The highest BCUT2D eigenvalue weighted by Gasteiger charge is 2.49. The number of hydrogen-bond donors (Lipinski definition) is 0. The fraction of sp³-hybridized carbons (Fsp3) is 0.0769. The first-order valence-electron chi connectivity index (χ1n) is 10.2. The molecule has 0 aliphatic carbocycles. The van der Waals surface area contributed by atoms with Gasteiger partial charge in [0.1, 0.15) is 0 Å². The second kappa shape index (κ2) is 8.94. The quantitative estimate of drug-likeness (QED) is 0.422. The van der Waals surface area contributed by atoms with E-state index in [1.165, 1.54) is 10.4 Å². The van der Waals surface area contributed by atoms with Crippen molar-refractivity contribution in [3.05, 3.63) is 121 Å². The Kier molecular flexibility index (Phi) is 6.11. The van der Waals surface area contributed by atoms with Crippen LogP contribution in [0.15, 0.2) is 121 Å². The molecule has 0 aliphatic heterocycles. The summed E-state index contributed by atoms with van der Waals surface area (Å²) in [5, 5.41) is 4.70. The molecule has 2 nitrogen and oxygen atoms in total. The smallest absolute Gasteiger partial charge is 0.397 e. The molecular formula is C26H26O2Si2. The monoisotopic (exact) mass is 426 g/mol. The Morgan fingerprint density at radius 3 is 1.07 bits per heavy atom. The minimum Gasteiger partial charge on any atom is -0.421 e. The highest BCUT2D eigenvalue weighted by Crippen LogP contribution is 2.17. The van der Waals surface area contributed by atoms with E-state index in [1.54, 1.807) is 7.11 Å². The van der Waals surface area contributed by atoms with Gasteiger partial charge in [0, 0.05) is 7.11 Å². The van der Waals surface area contributed by atoms with Crippen molar-refractivity contribution in [3.63, 3.8) is 0 Å². The predicted octanol–water partition coefficient (Wildman–Crippen LogP) is 3.30. The Balaban J connectivity index is 1.94. The van der Waals surface area contributed by atoms with Gasteiger partial charge < -0.3 is 8.54 Å². The number of rotatable bonds is 7. The summed E-state index contributed by atoms with van der Waals surface area (Å²) in [5.41, 5.74) is 0. The van der Waals surface area contributed by atoms with E-state index in [4.69, 9.17) is 8.54 Å². The zero-order chi connectivity index (χ0) is 20.9. The third-order valence-corrected chi connectivity index (χ3v) is 14.0. The summed E-state index contributed by atoms with van der Waals surface area (Å²) >= 11 is 0. The normalized spacial score (nSPS) is 11.9. The van der Waals surface area contributed by atoms with Crippen molar-refractivity contribution in [1.82, 2.24) is 0 Å². The molecule has 0 bridgehead atoms. The summed E-state index contributed by atoms with van der Waals surface area (Å²) in [6.45, 7) is 2.28. The molecule has 0 unspecified atom stereocenters. The molecule has 4 heteroatoms. The van der Waals surface area contributed by atoms with E-state index in [-0.39, 0.29) is 0 Å². The van der Waals surface area contributed by atoms with Crippen molar-refractivity contribution < 1.29 is 8.54 Å². The molecule has 0 aliphatic rings. The molecule has 0 fully saturated rings. The van der Waals surface area contributed by atoms with Crippen molar-refractivity contribution in [1.29, 1.82) is 0 Å². The zero-order valence-electron chi connectivity index (χ0n) is 17.4. The number of hydrogen-bond acceptors (Lipinski definition) is 2. The van der Waals surface area contributed by atoms with Gasteiger partial charge in [-0.2, -0.15) is 0 Å². The first-order valence-corrected chi connectivity index (χ1v) is 14.4. The summed E-state index contributed by atoms with van der Waals surface area (Å²) in [4.78, 5) is 0. The first-order chi connectivity index (χ1) is 14.7. The van der Waals surface area contributed by atoms with E-state index in [0.717, 1.165) is 10.4 Å². The van der Waals surface area contributed by atoms with Gasteiger partial charge in [-0.05, 0) is 27.3 Å². The number of benzene rings is 4. The Hall–Kier alpha value is -2.77. The zero-order valence-corrected chi connectivity index (χ0v) is 19.4. The Bertz CT molecular complexity index is 976. The fourth-order valence-electron chi connectivity index (χ4n) is 3.96. The van der Waals surface area contributed by atoms with Gasteiger partial charge in [-0.15, -0.1) is 0 Å². The van der Waals surface area contributed by atoms with Gasteiger partial charge in [0.25, 0.3) is 0 Å². The van der Waals surface area contributed by atoms with Crippen LogP contribution in [0.4, 0.5) is 0 Å². The van der Waals surface area contributed by atoms with E-state index in [1.807, 2.05) is 12.1 Å². The minimum atomic E-state index is -2.96. The lowest BCUT2D eigenvalue weighted by Crippen LogP contribution is -2.72. The van der Waals surface area contributed by atoms with E-state index in [2.05, 4.69) is 116 Å². The average molecular weight is 427 g/mol. The molecule has 150 valence electrons. The van der Waals surface area contributed by atoms with E-state index in [9.17, 15) is 0 Å². The van der Waals surface area contributed by atoms with Crippen LogP contribution in [0.3, 0.4) is 0 Å². The largest absolute Gasteiger partial charge is 0.421 e. The van der Waals surface area contributed by atoms with Gasteiger partial charge >= 0.3 is 8.56 Å². The van der Waals surface area contributed by atoms with Crippen molar-refractivity contribution in [2.75, 3.05) is 7.11 Å². The van der Waals surface area contributed by atoms with Gasteiger partial charge in [0.15, 0.2) is 0 Å². The van der Waals surface area contributed by atoms with Crippen molar-refractivity contribution in [2.24, 2.45) is 0 Å². The van der Waals surface area contributed by atoms with Crippen LogP contribution in [-0.2, 0) is 8.54 Å². The maximum atomic E-state index is 7.37. The van der Waals surface area contributed by atoms with Crippen LogP contribution in [0.5, 0.6) is 0 Å². The SMILES string of the molecule is CO[Si](O[Si](C)(c1ccccc1)c1ccccc1)(c1ccccc1)c1ccccc1. The molecule has 0 saturated heterocycles. The molecule has 0 amide bonds. The molecule has 0 spiro atoms.